The van der Waals surface area contributed by atoms with Crippen molar-refractivity contribution in [1.29, 1.82) is 0 Å². The first-order valence-corrected chi connectivity index (χ1v) is 7.88. The molecule has 20 heavy (non-hydrogen) atoms. The normalized spacial score (nSPS) is 11.1. The number of ether oxygens (including phenoxy) is 1. The Morgan fingerprint density at radius 3 is 2.40 bits per heavy atom. The van der Waals surface area contributed by atoms with Crippen molar-refractivity contribution in [3.8, 4) is 0 Å². The van der Waals surface area contributed by atoms with Crippen LogP contribution in [-0.4, -0.2) is 29.8 Å². The van der Waals surface area contributed by atoms with Gasteiger partial charge in [-0.05, 0) is 59.1 Å². The van der Waals surface area contributed by atoms with E-state index < -0.39 is 5.60 Å². The predicted octanol–water partition coefficient (Wildman–Crippen LogP) is 3.93. The second-order valence-electron chi connectivity index (χ2n) is 5.19. The third kappa shape index (κ3) is 6.56. The van der Waals surface area contributed by atoms with Gasteiger partial charge in [-0.2, -0.15) is 0 Å². The number of hydrogen-bond acceptors (Lipinski definition) is 4. The van der Waals surface area contributed by atoms with Crippen LogP contribution < -0.4 is 10.6 Å². The molecule has 0 aliphatic rings. The fraction of sp³-hybridized carbons (Fsp3) is 0.538. The number of hydrogen-bond donors (Lipinski definition) is 2. The summed E-state index contributed by atoms with van der Waals surface area (Å²) < 4.78 is 6.94. The zero-order valence-electron chi connectivity index (χ0n) is 11.8. The lowest BCUT2D eigenvalue weighted by atomic mass is 10.2. The highest BCUT2D eigenvalue weighted by Gasteiger charge is 2.15. The van der Waals surface area contributed by atoms with Gasteiger partial charge in [0.15, 0.2) is 0 Å². The second-order valence-corrected chi connectivity index (χ2v) is 6.90. The molecule has 7 heteroatoms. The Hall–Kier alpha value is -0.820. The summed E-state index contributed by atoms with van der Waals surface area (Å²) >= 11 is 6.86. The SMILES string of the molecule is CC(C)(C)OC(=O)NCCCNc1c(Br)cncc1Br. The van der Waals surface area contributed by atoms with Crippen molar-refractivity contribution in [2.75, 3.05) is 18.4 Å². The second kappa shape index (κ2) is 7.83. The predicted molar refractivity (Wildman–Crippen MR) is 87.0 cm³/mol. The number of alkyl carbamates (subject to hydrolysis) is 1. The van der Waals surface area contributed by atoms with Gasteiger partial charge in [-0.25, -0.2) is 4.79 Å². The van der Waals surface area contributed by atoms with Gasteiger partial charge in [0.1, 0.15) is 5.60 Å². The summed E-state index contributed by atoms with van der Waals surface area (Å²) in [7, 11) is 0. The number of nitrogens with zero attached hydrogens (tertiary/aromatic N) is 1. The Bertz CT molecular complexity index is 441. The van der Waals surface area contributed by atoms with Crippen LogP contribution in [0.3, 0.4) is 0 Å². The van der Waals surface area contributed by atoms with Gasteiger partial charge in [-0.1, -0.05) is 0 Å². The van der Waals surface area contributed by atoms with E-state index >= 15 is 0 Å². The maximum atomic E-state index is 11.4. The lowest BCUT2D eigenvalue weighted by Crippen LogP contribution is -2.33. The molecule has 0 saturated carbocycles. The van der Waals surface area contributed by atoms with E-state index in [2.05, 4.69) is 47.5 Å². The van der Waals surface area contributed by atoms with Gasteiger partial charge < -0.3 is 15.4 Å². The minimum atomic E-state index is -0.463. The molecule has 1 amide bonds. The zero-order valence-corrected chi connectivity index (χ0v) is 15.0. The smallest absolute Gasteiger partial charge is 0.407 e. The molecule has 1 heterocycles. The van der Waals surface area contributed by atoms with Crippen LogP contribution in [0.5, 0.6) is 0 Å². The molecule has 0 aromatic carbocycles. The number of carbonyl (C=O) groups excluding carboxylic acids is 1. The molecule has 0 aliphatic heterocycles. The Morgan fingerprint density at radius 2 is 1.85 bits per heavy atom. The van der Waals surface area contributed by atoms with Crippen LogP contribution in [0.2, 0.25) is 0 Å². The number of anilines is 1. The van der Waals surface area contributed by atoms with Crippen molar-refractivity contribution < 1.29 is 9.53 Å². The number of halogens is 2. The van der Waals surface area contributed by atoms with E-state index in [0.717, 1.165) is 27.6 Å². The van der Waals surface area contributed by atoms with Gasteiger partial charge >= 0.3 is 6.09 Å². The van der Waals surface area contributed by atoms with Crippen LogP contribution in [0, 0.1) is 0 Å². The standard InChI is InChI=1S/C13H19Br2N3O2/c1-13(2,3)20-12(19)18-6-4-5-17-11-9(14)7-16-8-10(11)15/h7-8H,4-6H2,1-3H3,(H,16,17)(H,18,19). The molecule has 0 saturated heterocycles. The highest BCUT2D eigenvalue weighted by molar-refractivity contribution is 9.11. The third-order valence-electron chi connectivity index (χ3n) is 2.18. The summed E-state index contributed by atoms with van der Waals surface area (Å²) in [6.45, 7) is 6.81. The van der Waals surface area contributed by atoms with E-state index in [-0.39, 0.29) is 6.09 Å². The van der Waals surface area contributed by atoms with Crippen LogP contribution in [0.25, 0.3) is 0 Å². The third-order valence-corrected chi connectivity index (χ3v) is 3.38. The van der Waals surface area contributed by atoms with Gasteiger partial charge in [0.2, 0.25) is 0 Å². The molecule has 112 valence electrons. The Kier molecular flexibility index (Phi) is 6.75. The number of aromatic nitrogens is 1. The molecule has 0 radical (unpaired) electrons. The highest BCUT2D eigenvalue weighted by atomic mass is 79.9. The fourth-order valence-electron chi connectivity index (χ4n) is 1.39. The highest BCUT2D eigenvalue weighted by Crippen LogP contribution is 2.29. The van der Waals surface area contributed by atoms with Crippen molar-refractivity contribution in [2.24, 2.45) is 0 Å². The number of amides is 1. The fourth-order valence-corrected chi connectivity index (χ4v) is 2.60. The van der Waals surface area contributed by atoms with Gasteiger partial charge in [0, 0.05) is 25.5 Å². The van der Waals surface area contributed by atoms with Gasteiger partial charge in [0.05, 0.1) is 14.6 Å². The maximum absolute atomic E-state index is 11.4. The summed E-state index contributed by atoms with van der Waals surface area (Å²) in [6, 6.07) is 0. The largest absolute Gasteiger partial charge is 0.444 e. The summed E-state index contributed by atoms with van der Waals surface area (Å²) in [5.74, 6) is 0. The van der Waals surface area contributed by atoms with E-state index in [1.807, 2.05) is 20.8 Å². The Labute approximate surface area is 136 Å². The summed E-state index contributed by atoms with van der Waals surface area (Å²) in [6.07, 6.45) is 3.86. The molecule has 0 spiro atoms. The van der Waals surface area contributed by atoms with Crippen LogP contribution >= 0.6 is 31.9 Å². The number of nitrogens with one attached hydrogen (secondary N) is 2. The first-order valence-electron chi connectivity index (χ1n) is 6.29. The Morgan fingerprint density at radius 1 is 1.25 bits per heavy atom. The molecule has 0 aliphatic carbocycles. The number of pyridine rings is 1. The van der Waals surface area contributed by atoms with E-state index in [4.69, 9.17) is 4.74 Å². The average molecular weight is 409 g/mol. The van der Waals surface area contributed by atoms with Crippen LogP contribution in [-0.2, 0) is 4.74 Å². The molecule has 0 fully saturated rings. The lowest BCUT2D eigenvalue weighted by molar-refractivity contribution is 0.0528. The molecule has 1 aromatic heterocycles. The van der Waals surface area contributed by atoms with E-state index in [1.54, 1.807) is 12.4 Å². The van der Waals surface area contributed by atoms with E-state index in [1.165, 1.54) is 0 Å². The number of carbonyl (C=O) groups is 1. The summed E-state index contributed by atoms with van der Waals surface area (Å²) in [5.41, 5.74) is 0.493. The molecular weight excluding hydrogens is 390 g/mol. The molecule has 5 nitrogen and oxygen atoms in total. The zero-order chi connectivity index (χ0) is 15.2. The number of rotatable bonds is 5. The minimum absolute atomic E-state index is 0.385. The average Bonchev–Trinajstić information content (AvgIpc) is 2.29. The van der Waals surface area contributed by atoms with Crippen LogP contribution in [0.1, 0.15) is 27.2 Å². The van der Waals surface area contributed by atoms with Gasteiger partial charge in [-0.3, -0.25) is 4.98 Å². The van der Waals surface area contributed by atoms with Crippen molar-refractivity contribution in [3.05, 3.63) is 21.3 Å². The van der Waals surface area contributed by atoms with E-state index in [9.17, 15) is 4.79 Å². The maximum Gasteiger partial charge on any atom is 0.407 e. The monoisotopic (exact) mass is 407 g/mol. The molecule has 1 aromatic rings. The van der Waals surface area contributed by atoms with Gasteiger partial charge in [-0.15, -0.1) is 0 Å². The van der Waals surface area contributed by atoms with Crippen LogP contribution in [0.4, 0.5) is 10.5 Å². The lowest BCUT2D eigenvalue weighted by Gasteiger charge is -2.19. The van der Waals surface area contributed by atoms with Crippen molar-refractivity contribution in [1.82, 2.24) is 10.3 Å². The van der Waals surface area contributed by atoms with Crippen LogP contribution in [0.15, 0.2) is 21.3 Å². The van der Waals surface area contributed by atoms with Crippen molar-refractivity contribution in [2.45, 2.75) is 32.8 Å². The molecule has 0 atom stereocenters. The first kappa shape index (κ1) is 17.2. The molecule has 1 rings (SSSR count). The van der Waals surface area contributed by atoms with Crippen molar-refractivity contribution in [3.63, 3.8) is 0 Å². The summed E-state index contributed by atoms with van der Waals surface area (Å²) in [4.78, 5) is 15.5. The summed E-state index contributed by atoms with van der Waals surface area (Å²) in [5, 5.41) is 6.00. The topological polar surface area (TPSA) is 63.2 Å². The van der Waals surface area contributed by atoms with E-state index in [0.29, 0.717) is 6.54 Å². The Balaban J connectivity index is 2.24. The first-order chi connectivity index (χ1) is 9.29. The molecule has 0 bridgehead atoms. The molecule has 2 N–H and O–H groups in total. The minimum Gasteiger partial charge on any atom is -0.444 e. The van der Waals surface area contributed by atoms with Gasteiger partial charge in [0.25, 0.3) is 0 Å². The van der Waals surface area contributed by atoms with Crippen molar-refractivity contribution >= 4 is 43.6 Å². The molecular formula is C13H19Br2N3O2. The molecule has 0 unspecified atom stereocenters. The quantitative estimate of drug-likeness (QED) is 0.724.